The van der Waals surface area contributed by atoms with E-state index in [2.05, 4.69) is 100 Å². The largest absolute Gasteiger partial charge is 0.213 e. The number of aromatic nitrogens is 3. The number of rotatable bonds is 2. The van der Waals surface area contributed by atoms with Crippen LogP contribution in [0.25, 0.3) is 22.8 Å². The third kappa shape index (κ3) is 4.41. The molecule has 0 radical (unpaired) electrons. The molecule has 0 atom stereocenters. The lowest BCUT2D eigenvalue weighted by molar-refractivity contribution is 0.590. The van der Waals surface area contributed by atoms with Crippen molar-refractivity contribution in [2.75, 3.05) is 0 Å². The zero-order valence-electron chi connectivity index (χ0n) is 17.5. The molecule has 0 aliphatic heterocycles. The van der Waals surface area contributed by atoms with Gasteiger partial charge in [0.2, 0.25) is 0 Å². The number of aryl methyl sites for hydroxylation is 1. The highest BCUT2D eigenvalue weighted by Gasteiger charge is 2.17. The third-order valence-corrected chi connectivity index (χ3v) is 4.72. The molecule has 3 rings (SSSR count). The van der Waals surface area contributed by atoms with Crippen LogP contribution < -0.4 is 0 Å². The lowest BCUT2D eigenvalue weighted by Gasteiger charge is -2.20. The Kier molecular flexibility index (Phi) is 4.90. The summed E-state index contributed by atoms with van der Waals surface area (Å²) in [6.45, 7) is 15.2. The van der Waals surface area contributed by atoms with Crippen molar-refractivity contribution in [1.82, 2.24) is 15.0 Å². The molecule has 140 valence electrons. The minimum atomic E-state index is 0.0853. The van der Waals surface area contributed by atoms with E-state index >= 15 is 0 Å². The summed E-state index contributed by atoms with van der Waals surface area (Å²) >= 11 is 0. The van der Waals surface area contributed by atoms with Gasteiger partial charge in [-0.2, -0.15) is 0 Å². The van der Waals surface area contributed by atoms with Crippen molar-refractivity contribution in [2.24, 2.45) is 0 Å². The summed E-state index contributed by atoms with van der Waals surface area (Å²) in [5.41, 5.74) is 4.77. The molecule has 0 saturated carbocycles. The summed E-state index contributed by atoms with van der Waals surface area (Å²) in [7, 11) is 0. The third-order valence-electron chi connectivity index (χ3n) is 4.72. The molecular formula is C24H29N3. The van der Waals surface area contributed by atoms with Gasteiger partial charge in [0, 0.05) is 11.1 Å². The monoisotopic (exact) mass is 359 g/mol. The van der Waals surface area contributed by atoms with Gasteiger partial charge in [-0.1, -0.05) is 77.9 Å². The van der Waals surface area contributed by atoms with Crippen LogP contribution in [-0.4, -0.2) is 15.0 Å². The Hall–Kier alpha value is -2.55. The van der Waals surface area contributed by atoms with Crippen molar-refractivity contribution in [1.29, 1.82) is 0 Å². The van der Waals surface area contributed by atoms with Crippen LogP contribution in [0.4, 0.5) is 0 Å². The van der Waals surface area contributed by atoms with E-state index in [0.717, 1.165) is 28.6 Å². The molecule has 0 N–H and O–H groups in total. The Balaban J connectivity index is 2.09. The van der Waals surface area contributed by atoms with Gasteiger partial charge >= 0.3 is 0 Å². The van der Waals surface area contributed by atoms with Crippen LogP contribution in [0.3, 0.4) is 0 Å². The van der Waals surface area contributed by atoms with Crippen LogP contribution in [0.2, 0.25) is 0 Å². The first-order valence-corrected chi connectivity index (χ1v) is 9.48. The Morgan fingerprint density at radius 1 is 0.593 bits per heavy atom. The summed E-state index contributed by atoms with van der Waals surface area (Å²) in [4.78, 5) is 14.0. The molecule has 0 unspecified atom stereocenters. The molecule has 0 fully saturated rings. The van der Waals surface area contributed by atoms with Crippen molar-refractivity contribution in [3.63, 3.8) is 0 Å². The van der Waals surface area contributed by atoms with E-state index in [0.29, 0.717) is 0 Å². The maximum absolute atomic E-state index is 4.80. The second-order valence-corrected chi connectivity index (χ2v) is 9.19. The smallest absolute Gasteiger partial charge is 0.163 e. The molecule has 0 amide bonds. The predicted octanol–water partition coefficient (Wildman–Crippen LogP) is 6.11. The molecule has 27 heavy (non-hydrogen) atoms. The zero-order chi connectivity index (χ0) is 19.8. The van der Waals surface area contributed by atoms with Gasteiger partial charge in [0.15, 0.2) is 11.6 Å². The van der Waals surface area contributed by atoms with Gasteiger partial charge in [-0.15, -0.1) is 0 Å². The van der Waals surface area contributed by atoms with E-state index in [-0.39, 0.29) is 10.8 Å². The molecule has 3 aromatic rings. The summed E-state index contributed by atoms with van der Waals surface area (Å²) < 4.78 is 0. The Morgan fingerprint density at radius 2 is 1.00 bits per heavy atom. The molecule has 1 heterocycles. The highest BCUT2D eigenvalue weighted by atomic mass is 15.0. The number of benzene rings is 2. The highest BCUT2D eigenvalue weighted by molar-refractivity contribution is 5.62. The van der Waals surface area contributed by atoms with Crippen LogP contribution in [0.5, 0.6) is 0 Å². The van der Waals surface area contributed by atoms with Gasteiger partial charge in [-0.05, 0) is 41.0 Å². The predicted molar refractivity (Wildman–Crippen MR) is 113 cm³/mol. The van der Waals surface area contributed by atoms with E-state index < -0.39 is 0 Å². The lowest BCUT2D eigenvalue weighted by Crippen LogP contribution is -2.11. The average molecular weight is 360 g/mol. The lowest BCUT2D eigenvalue weighted by atomic mass is 9.86. The van der Waals surface area contributed by atoms with Gasteiger partial charge < -0.3 is 0 Å². The number of hydrogen-bond donors (Lipinski definition) is 0. The molecule has 0 saturated heterocycles. The number of nitrogens with zero attached hydrogens (tertiary/aromatic N) is 3. The topological polar surface area (TPSA) is 38.7 Å². The molecule has 3 nitrogen and oxygen atoms in total. The molecule has 3 heteroatoms. The first-order valence-electron chi connectivity index (χ1n) is 9.48. The Morgan fingerprint density at radius 3 is 1.37 bits per heavy atom. The summed E-state index contributed by atoms with van der Waals surface area (Å²) in [6, 6.07) is 17.0. The highest BCUT2D eigenvalue weighted by Crippen LogP contribution is 2.29. The zero-order valence-corrected chi connectivity index (χ0v) is 17.5. The van der Waals surface area contributed by atoms with E-state index in [1.54, 1.807) is 0 Å². The van der Waals surface area contributed by atoms with Crippen molar-refractivity contribution >= 4 is 0 Å². The van der Waals surface area contributed by atoms with E-state index in [9.17, 15) is 0 Å². The molecule has 0 bridgehead atoms. The Labute approximate surface area is 162 Å². The maximum atomic E-state index is 4.80. The van der Waals surface area contributed by atoms with Gasteiger partial charge in [0.05, 0.1) is 0 Å². The minimum absolute atomic E-state index is 0.0853. The van der Waals surface area contributed by atoms with Gasteiger partial charge in [0.1, 0.15) is 5.82 Å². The molecule has 0 spiro atoms. The minimum Gasteiger partial charge on any atom is -0.213 e. The molecular weight excluding hydrogens is 330 g/mol. The second-order valence-electron chi connectivity index (χ2n) is 9.19. The van der Waals surface area contributed by atoms with Gasteiger partial charge in [0.25, 0.3) is 0 Å². The number of hydrogen-bond acceptors (Lipinski definition) is 3. The second kappa shape index (κ2) is 6.88. The molecule has 2 aromatic carbocycles. The average Bonchev–Trinajstić information content (AvgIpc) is 2.60. The normalized spacial score (nSPS) is 12.3. The Bertz CT molecular complexity index is 884. The van der Waals surface area contributed by atoms with E-state index in [1.807, 2.05) is 6.92 Å². The fourth-order valence-electron chi connectivity index (χ4n) is 2.99. The fraction of sp³-hybridized carbons (Fsp3) is 0.375. The van der Waals surface area contributed by atoms with Crippen LogP contribution in [0, 0.1) is 6.92 Å². The van der Waals surface area contributed by atoms with Crippen LogP contribution in [-0.2, 0) is 10.8 Å². The van der Waals surface area contributed by atoms with Crippen molar-refractivity contribution < 1.29 is 0 Å². The summed E-state index contributed by atoms with van der Waals surface area (Å²) in [5, 5.41) is 0. The van der Waals surface area contributed by atoms with Crippen molar-refractivity contribution in [3.05, 3.63) is 65.5 Å². The van der Waals surface area contributed by atoms with Gasteiger partial charge in [-0.25, -0.2) is 15.0 Å². The first-order chi connectivity index (χ1) is 12.5. The van der Waals surface area contributed by atoms with Crippen molar-refractivity contribution in [3.8, 4) is 22.8 Å². The summed E-state index contributed by atoms with van der Waals surface area (Å²) in [6.07, 6.45) is 0. The molecule has 1 aromatic heterocycles. The summed E-state index contributed by atoms with van der Waals surface area (Å²) in [5.74, 6) is 2.19. The van der Waals surface area contributed by atoms with Crippen molar-refractivity contribution in [2.45, 2.75) is 59.3 Å². The maximum Gasteiger partial charge on any atom is 0.163 e. The van der Waals surface area contributed by atoms with E-state index in [1.165, 1.54) is 11.1 Å². The standard InChI is InChI=1S/C24H29N3/c1-16-25-21(17-10-8-12-19(14-17)23(2,3)4)27-22(26-16)18-11-9-13-20(15-18)24(5,6)7/h8-15H,1-7H3. The van der Waals surface area contributed by atoms with E-state index in [4.69, 9.17) is 4.98 Å². The fourth-order valence-corrected chi connectivity index (χ4v) is 2.99. The van der Waals surface area contributed by atoms with Crippen LogP contribution >= 0.6 is 0 Å². The van der Waals surface area contributed by atoms with Gasteiger partial charge in [-0.3, -0.25) is 0 Å². The van der Waals surface area contributed by atoms with Crippen LogP contribution in [0.15, 0.2) is 48.5 Å². The van der Waals surface area contributed by atoms with Crippen LogP contribution in [0.1, 0.15) is 58.5 Å². The first kappa shape index (κ1) is 19.2. The molecule has 0 aliphatic rings. The molecule has 0 aliphatic carbocycles. The SMILES string of the molecule is Cc1nc(-c2cccc(C(C)(C)C)c2)nc(-c2cccc(C(C)(C)C)c2)n1. The quantitative estimate of drug-likeness (QED) is 0.554.